The van der Waals surface area contributed by atoms with Crippen LogP contribution in [0.25, 0.3) is 11.1 Å². The van der Waals surface area contributed by atoms with Gasteiger partial charge >= 0.3 is 0 Å². The van der Waals surface area contributed by atoms with Crippen LogP contribution in [0.2, 0.25) is 0 Å². The minimum Gasteiger partial charge on any atom is -0.492 e. The van der Waals surface area contributed by atoms with Crippen molar-refractivity contribution in [1.29, 1.82) is 0 Å². The molecule has 2 heterocycles. The molecule has 0 saturated heterocycles. The molecule has 1 aliphatic heterocycles. The minimum atomic E-state index is 0.698. The normalized spacial score (nSPS) is 13.1. The molecule has 0 amide bonds. The summed E-state index contributed by atoms with van der Waals surface area (Å²) in [6, 6.07) is 20.4. The molecule has 144 valence electrons. The third kappa shape index (κ3) is 5.34. The Bertz CT molecular complexity index is 1020. The van der Waals surface area contributed by atoms with E-state index in [0.717, 1.165) is 42.2 Å². The Labute approximate surface area is 172 Å². The molecule has 3 aromatic rings. The first-order valence-corrected chi connectivity index (χ1v) is 9.92. The van der Waals surface area contributed by atoms with Crippen LogP contribution < -0.4 is 4.74 Å². The zero-order valence-electron chi connectivity index (χ0n) is 16.6. The highest BCUT2D eigenvalue weighted by molar-refractivity contribution is 5.63. The Morgan fingerprint density at radius 2 is 1.59 bits per heavy atom. The second kappa shape index (κ2) is 9.23. The van der Waals surface area contributed by atoms with Gasteiger partial charge in [-0.3, -0.25) is 4.90 Å². The maximum atomic E-state index is 5.82. The molecule has 0 spiro atoms. The molecule has 0 N–H and O–H groups in total. The molecule has 29 heavy (non-hydrogen) atoms. The predicted octanol–water partition coefficient (Wildman–Crippen LogP) is 4.71. The van der Waals surface area contributed by atoms with Gasteiger partial charge in [0, 0.05) is 37.0 Å². The number of nitrogens with zero attached hydrogens (tertiary/aromatic N) is 2. The average Bonchev–Trinajstić information content (AvgIpc) is 3.28. The number of aromatic nitrogens is 1. The monoisotopic (exact) mass is 380 g/mol. The maximum absolute atomic E-state index is 5.82. The van der Waals surface area contributed by atoms with Crippen molar-refractivity contribution in [2.24, 2.45) is 0 Å². The van der Waals surface area contributed by atoms with Crippen molar-refractivity contribution in [3.63, 3.8) is 0 Å². The van der Waals surface area contributed by atoms with Crippen molar-refractivity contribution in [2.75, 3.05) is 26.2 Å². The molecule has 3 nitrogen and oxygen atoms in total. The summed E-state index contributed by atoms with van der Waals surface area (Å²) in [5.41, 5.74) is 5.23. The van der Waals surface area contributed by atoms with Crippen molar-refractivity contribution in [3.05, 3.63) is 95.8 Å². The summed E-state index contributed by atoms with van der Waals surface area (Å²) >= 11 is 0. The van der Waals surface area contributed by atoms with Gasteiger partial charge in [-0.25, -0.2) is 4.98 Å². The summed E-state index contributed by atoms with van der Waals surface area (Å²) < 4.78 is 5.82. The number of rotatable bonds is 5. The van der Waals surface area contributed by atoms with Gasteiger partial charge in [0.1, 0.15) is 18.1 Å². The Hall–Kier alpha value is -3.35. The molecule has 0 unspecified atom stereocenters. The minimum absolute atomic E-state index is 0.698. The molecule has 0 atom stereocenters. The Morgan fingerprint density at radius 3 is 2.28 bits per heavy atom. The van der Waals surface area contributed by atoms with Gasteiger partial charge in [0.25, 0.3) is 0 Å². The van der Waals surface area contributed by atoms with Gasteiger partial charge in [-0.2, -0.15) is 0 Å². The number of benzene rings is 2. The van der Waals surface area contributed by atoms with Gasteiger partial charge in [0.05, 0.1) is 0 Å². The average molecular weight is 380 g/mol. The molecule has 4 rings (SSSR count). The van der Waals surface area contributed by atoms with Gasteiger partial charge in [0.15, 0.2) is 0 Å². The van der Waals surface area contributed by atoms with Crippen LogP contribution in [-0.4, -0.2) is 36.1 Å². The quantitative estimate of drug-likeness (QED) is 0.474. The third-order valence-electron chi connectivity index (χ3n) is 4.91. The summed E-state index contributed by atoms with van der Waals surface area (Å²) in [5.74, 6) is 7.18. The maximum Gasteiger partial charge on any atom is 0.119 e. The summed E-state index contributed by atoms with van der Waals surface area (Å²) in [4.78, 5) is 6.82. The molecule has 3 heteroatoms. The van der Waals surface area contributed by atoms with E-state index in [1.807, 2.05) is 36.5 Å². The summed E-state index contributed by atoms with van der Waals surface area (Å²) in [6.45, 7) is 5.78. The first-order valence-electron chi connectivity index (χ1n) is 9.92. The van der Waals surface area contributed by atoms with Crippen LogP contribution in [0.1, 0.15) is 16.8 Å². The van der Waals surface area contributed by atoms with Gasteiger partial charge in [-0.1, -0.05) is 54.0 Å². The fourth-order valence-electron chi connectivity index (χ4n) is 3.15. The second-order valence-electron chi connectivity index (χ2n) is 7.15. The van der Waals surface area contributed by atoms with Gasteiger partial charge in [-0.05, 0) is 48.7 Å². The zero-order valence-corrected chi connectivity index (χ0v) is 16.6. The lowest BCUT2D eigenvalue weighted by molar-refractivity contribution is 0.243. The van der Waals surface area contributed by atoms with Crippen LogP contribution >= 0.6 is 0 Å². The van der Waals surface area contributed by atoms with Crippen molar-refractivity contribution in [2.45, 2.75) is 6.92 Å². The van der Waals surface area contributed by atoms with Crippen LogP contribution in [0.5, 0.6) is 5.75 Å². The molecule has 0 radical (unpaired) electrons. The lowest BCUT2D eigenvalue weighted by Crippen LogP contribution is -2.25. The van der Waals surface area contributed by atoms with Gasteiger partial charge in [0.2, 0.25) is 0 Å². The highest BCUT2D eigenvalue weighted by Gasteiger charge is 2.05. The van der Waals surface area contributed by atoms with E-state index in [-0.39, 0.29) is 0 Å². The van der Waals surface area contributed by atoms with Gasteiger partial charge in [-0.15, -0.1) is 0 Å². The molecule has 0 fully saturated rings. The first kappa shape index (κ1) is 19.0. The summed E-state index contributed by atoms with van der Waals surface area (Å²) in [6.07, 6.45) is 6.26. The second-order valence-corrected chi connectivity index (χ2v) is 7.15. The Balaban J connectivity index is 1.32. The fraction of sp³-hybridized carbons (Fsp3) is 0.192. The van der Waals surface area contributed by atoms with Gasteiger partial charge < -0.3 is 4.74 Å². The largest absolute Gasteiger partial charge is 0.492 e. The predicted molar refractivity (Wildman–Crippen MR) is 118 cm³/mol. The summed E-state index contributed by atoms with van der Waals surface area (Å²) in [7, 11) is 0. The summed E-state index contributed by atoms with van der Waals surface area (Å²) in [5, 5.41) is 0. The van der Waals surface area contributed by atoms with E-state index in [0.29, 0.717) is 6.61 Å². The van der Waals surface area contributed by atoms with Crippen LogP contribution in [-0.2, 0) is 0 Å². The van der Waals surface area contributed by atoms with E-state index in [4.69, 9.17) is 4.74 Å². The Morgan fingerprint density at radius 1 is 0.862 bits per heavy atom. The fourth-order valence-corrected chi connectivity index (χ4v) is 3.15. The van der Waals surface area contributed by atoms with Crippen LogP contribution in [0.4, 0.5) is 0 Å². The number of pyridine rings is 1. The lowest BCUT2D eigenvalue weighted by atomic mass is 10.1. The standard InChI is InChI=1S/C26H24N2O/c1-21-4-9-23(10-5-21)24-11-13-25(27-20-24)12-6-22-7-14-26(15-8-22)29-19-18-28-16-2-3-17-28/h2-5,7-11,13-15,20H,16-19H2,1H3. The van der Waals surface area contributed by atoms with E-state index in [9.17, 15) is 0 Å². The molecule has 1 aliphatic rings. The smallest absolute Gasteiger partial charge is 0.119 e. The lowest BCUT2D eigenvalue weighted by Gasteiger charge is -2.14. The SMILES string of the molecule is Cc1ccc(-c2ccc(C#Cc3ccc(OCCN4CC=CC4)cc3)nc2)cc1. The highest BCUT2D eigenvalue weighted by Crippen LogP contribution is 2.19. The molecule has 1 aromatic heterocycles. The van der Waals surface area contributed by atoms with Crippen molar-refractivity contribution in [3.8, 4) is 28.7 Å². The molecule has 0 bridgehead atoms. The van der Waals surface area contributed by atoms with Crippen LogP contribution in [0, 0.1) is 18.8 Å². The molecular weight excluding hydrogens is 356 g/mol. The van der Waals surface area contributed by atoms with E-state index in [1.165, 1.54) is 11.1 Å². The van der Waals surface area contributed by atoms with Crippen molar-refractivity contribution >= 4 is 0 Å². The first-order chi connectivity index (χ1) is 14.3. The van der Waals surface area contributed by atoms with E-state index in [1.54, 1.807) is 0 Å². The highest BCUT2D eigenvalue weighted by atomic mass is 16.5. The molecule has 0 saturated carbocycles. The number of hydrogen-bond acceptors (Lipinski definition) is 3. The topological polar surface area (TPSA) is 25.4 Å². The third-order valence-corrected chi connectivity index (χ3v) is 4.91. The number of aryl methyl sites for hydroxylation is 1. The number of ether oxygens (including phenoxy) is 1. The van der Waals surface area contributed by atoms with E-state index >= 15 is 0 Å². The molecule has 0 aliphatic carbocycles. The van der Waals surface area contributed by atoms with E-state index in [2.05, 4.69) is 71.1 Å². The zero-order chi connectivity index (χ0) is 19.9. The van der Waals surface area contributed by atoms with Crippen LogP contribution in [0.3, 0.4) is 0 Å². The van der Waals surface area contributed by atoms with Crippen molar-refractivity contribution in [1.82, 2.24) is 9.88 Å². The van der Waals surface area contributed by atoms with E-state index < -0.39 is 0 Å². The molecular formula is C26H24N2O. The van der Waals surface area contributed by atoms with Crippen LogP contribution in [0.15, 0.2) is 79.0 Å². The number of hydrogen-bond donors (Lipinski definition) is 0. The Kier molecular flexibility index (Phi) is 6.04. The molecule has 2 aromatic carbocycles. The van der Waals surface area contributed by atoms with Crippen molar-refractivity contribution < 1.29 is 4.74 Å².